The summed E-state index contributed by atoms with van der Waals surface area (Å²) in [6.07, 6.45) is 3.12. The molecule has 0 heterocycles. The van der Waals surface area contributed by atoms with Gasteiger partial charge in [-0.05, 0) is 12.8 Å². The lowest BCUT2D eigenvalue weighted by atomic mass is 10.2. The number of ether oxygens (including phenoxy) is 1. The Hall–Kier alpha value is -2.56. The fourth-order valence-electron chi connectivity index (χ4n) is 1.33. The van der Waals surface area contributed by atoms with Gasteiger partial charge in [-0.3, -0.25) is 14.4 Å². The number of carboxylic acid groups (broad SMARTS) is 1. The Morgan fingerprint density at radius 1 is 1.29 bits per heavy atom. The lowest BCUT2D eigenvalue weighted by molar-refractivity contribution is -0.139. The number of hydrogen-bond acceptors (Lipinski definition) is 6. The highest BCUT2D eigenvalue weighted by molar-refractivity contribution is 5.97. The number of hydrogen-bond donors (Lipinski definition) is 3. The summed E-state index contributed by atoms with van der Waals surface area (Å²) in [5.41, 5.74) is -0.149. The first-order valence-corrected chi connectivity index (χ1v) is 6.41. The highest BCUT2D eigenvalue weighted by Gasteiger charge is 2.08. The minimum Gasteiger partial charge on any atom is -0.481 e. The van der Waals surface area contributed by atoms with Crippen LogP contribution in [0.4, 0.5) is 0 Å². The number of nitriles is 1. The van der Waals surface area contributed by atoms with E-state index in [4.69, 9.17) is 10.4 Å². The molecule has 0 radical (unpaired) electrons. The summed E-state index contributed by atoms with van der Waals surface area (Å²) in [5.74, 6) is -1.90. The fraction of sp³-hybridized carbons (Fsp3) is 0.538. The van der Waals surface area contributed by atoms with E-state index >= 15 is 0 Å². The van der Waals surface area contributed by atoms with Crippen molar-refractivity contribution in [1.29, 1.82) is 5.26 Å². The van der Waals surface area contributed by atoms with Gasteiger partial charge < -0.3 is 20.5 Å². The van der Waals surface area contributed by atoms with Crippen molar-refractivity contribution in [2.75, 3.05) is 20.2 Å². The quantitative estimate of drug-likeness (QED) is 0.222. The van der Waals surface area contributed by atoms with Crippen molar-refractivity contribution in [3.05, 3.63) is 11.8 Å². The van der Waals surface area contributed by atoms with Crippen molar-refractivity contribution in [1.82, 2.24) is 10.6 Å². The first-order valence-electron chi connectivity index (χ1n) is 6.41. The van der Waals surface area contributed by atoms with E-state index in [9.17, 15) is 14.4 Å². The molecule has 0 aliphatic carbocycles. The molecule has 3 N–H and O–H groups in total. The van der Waals surface area contributed by atoms with Gasteiger partial charge in [-0.2, -0.15) is 5.26 Å². The van der Waals surface area contributed by atoms with E-state index in [0.717, 1.165) is 6.20 Å². The number of nitrogens with one attached hydrogen (secondary N) is 2. The smallest absolute Gasteiger partial charge is 0.325 e. The molecular formula is C13H19N3O5. The van der Waals surface area contributed by atoms with Gasteiger partial charge >= 0.3 is 11.9 Å². The Bertz CT molecular complexity index is 440. The molecule has 0 unspecified atom stereocenters. The Kier molecular flexibility index (Phi) is 9.91. The third-order valence-electron chi connectivity index (χ3n) is 2.44. The topological polar surface area (TPSA) is 129 Å². The molecule has 0 aromatic carbocycles. The van der Waals surface area contributed by atoms with Crippen molar-refractivity contribution < 1.29 is 24.2 Å². The van der Waals surface area contributed by atoms with Crippen LogP contribution in [0.15, 0.2) is 11.8 Å². The normalized spacial score (nSPS) is 10.4. The second-order valence-corrected chi connectivity index (χ2v) is 4.09. The van der Waals surface area contributed by atoms with Crippen LogP contribution >= 0.6 is 0 Å². The van der Waals surface area contributed by atoms with Gasteiger partial charge in [-0.1, -0.05) is 6.42 Å². The van der Waals surface area contributed by atoms with E-state index in [1.165, 1.54) is 7.11 Å². The molecule has 0 aromatic rings. The molecule has 1 amide bonds. The maximum atomic E-state index is 11.6. The zero-order valence-electron chi connectivity index (χ0n) is 11.8. The van der Waals surface area contributed by atoms with Crippen LogP contribution in [0.2, 0.25) is 0 Å². The molecule has 0 atom stereocenters. The number of carboxylic acids is 1. The van der Waals surface area contributed by atoms with E-state index in [0.29, 0.717) is 25.8 Å². The van der Waals surface area contributed by atoms with Crippen LogP contribution < -0.4 is 10.6 Å². The molecule has 0 saturated carbocycles. The highest BCUT2D eigenvalue weighted by Crippen LogP contribution is 1.99. The monoisotopic (exact) mass is 297 g/mol. The van der Waals surface area contributed by atoms with Gasteiger partial charge in [0.1, 0.15) is 18.2 Å². The molecule has 0 bridgehead atoms. The van der Waals surface area contributed by atoms with E-state index in [-0.39, 0.29) is 18.5 Å². The Morgan fingerprint density at radius 3 is 2.57 bits per heavy atom. The number of nitrogens with zero attached hydrogens (tertiary/aromatic N) is 1. The lowest BCUT2D eigenvalue weighted by Gasteiger charge is -2.04. The van der Waals surface area contributed by atoms with Gasteiger partial charge in [-0.15, -0.1) is 0 Å². The Morgan fingerprint density at radius 2 is 2.00 bits per heavy atom. The first-order chi connectivity index (χ1) is 10.0. The SMILES string of the molecule is COC(=O)CN/C=C(/C#N)C(=O)NCCCCCC(=O)O. The molecule has 21 heavy (non-hydrogen) atoms. The van der Waals surface area contributed by atoms with Crippen molar-refractivity contribution >= 4 is 17.8 Å². The molecular weight excluding hydrogens is 278 g/mol. The van der Waals surface area contributed by atoms with Gasteiger partial charge in [0.05, 0.1) is 7.11 Å². The maximum Gasteiger partial charge on any atom is 0.325 e. The van der Waals surface area contributed by atoms with E-state index < -0.39 is 17.8 Å². The minimum absolute atomic E-state index is 0.106. The molecule has 116 valence electrons. The molecule has 0 aliphatic heterocycles. The maximum absolute atomic E-state index is 11.6. The summed E-state index contributed by atoms with van der Waals surface area (Å²) in [6.45, 7) is 0.221. The molecule has 0 spiro atoms. The van der Waals surface area contributed by atoms with Gasteiger partial charge in [0.15, 0.2) is 0 Å². The van der Waals surface area contributed by atoms with Gasteiger partial charge in [0.25, 0.3) is 5.91 Å². The number of carbonyl (C=O) groups is 3. The second kappa shape index (κ2) is 11.3. The molecule has 0 aliphatic rings. The third-order valence-corrected chi connectivity index (χ3v) is 2.44. The zero-order chi connectivity index (χ0) is 16.1. The summed E-state index contributed by atoms with van der Waals surface area (Å²) in [6, 6.07) is 1.72. The van der Waals surface area contributed by atoms with Gasteiger partial charge in [0.2, 0.25) is 0 Å². The van der Waals surface area contributed by atoms with Crippen molar-refractivity contribution in [2.24, 2.45) is 0 Å². The highest BCUT2D eigenvalue weighted by atomic mass is 16.5. The fourth-order valence-corrected chi connectivity index (χ4v) is 1.33. The minimum atomic E-state index is -0.842. The molecule has 0 fully saturated rings. The van der Waals surface area contributed by atoms with Crippen LogP contribution in [0.5, 0.6) is 0 Å². The standard InChI is InChI=1S/C13H19N3O5/c1-21-12(19)9-15-8-10(7-14)13(20)16-6-4-2-3-5-11(17)18/h8,15H,2-6,9H2,1H3,(H,16,20)(H,17,18)/b10-8-. The number of methoxy groups -OCH3 is 1. The summed E-state index contributed by atoms with van der Waals surface area (Å²) in [7, 11) is 1.23. The number of unbranched alkanes of at least 4 members (excludes halogenated alkanes) is 2. The van der Waals surface area contributed by atoms with Crippen LogP contribution in [-0.4, -0.2) is 43.2 Å². The zero-order valence-corrected chi connectivity index (χ0v) is 11.8. The van der Waals surface area contributed by atoms with Crippen molar-refractivity contribution in [3.63, 3.8) is 0 Å². The summed E-state index contributed by atoms with van der Waals surface area (Å²) >= 11 is 0. The number of rotatable bonds is 10. The van der Waals surface area contributed by atoms with Crippen LogP contribution in [-0.2, 0) is 19.1 Å². The molecule has 0 aromatic heterocycles. The molecule has 0 saturated heterocycles. The van der Waals surface area contributed by atoms with E-state index in [1.54, 1.807) is 6.07 Å². The summed E-state index contributed by atoms with van der Waals surface area (Å²) < 4.78 is 4.39. The number of amides is 1. The number of carbonyl (C=O) groups excluding carboxylic acids is 2. The van der Waals surface area contributed by atoms with E-state index in [2.05, 4.69) is 15.4 Å². The largest absolute Gasteiger partial charge is 0.481 e. The predicted molar refractivity (Wildman–Crippen MR) is 72.8 cm³/mol. The number of esters is 1. The lowest BCUT2D eigenvalue weighted by Crippen LogP contribution is -2.27. The number of aliphatic carboxylic acids is 1. The first kappa shape index (κ1) is 18.4. The molecule has 8 heteroatoms. The average molecular weight is 297 g/mol. The van der Waals surface area contributed by atoms with Crippen molar-refractivity contribution in [2.45, 2.75) is 25.7 Å². The van der Waals surface area contributed by atoms with Crippen LogP contribution in [0.1, 0.15) is 25.7 Å². The van der Waals surface area contributed by atoms with Crippen molar-refractivity contribution in [3.8, 4) is 6.07 Å². The van der Waals surface area contributed by atoms with Gasteiger partial charge in [0, 0.05) is 19.2 Å². The molecule has 8 nitrogen and oxygen atoms in total. The van der Waals surface area contributed by atoms with Crippen LogP contribution in [0, 0.1) is 11.3 Å². The second-order valence-electron chi connectivity index (χ2n) is 4.09. The molecule has 0 rings (SSSR count). The Labute approximate surface area is 122 Å². The third kappa shape index (κ3) is 9.95. The van der Waals surface area contributed by atoms with Gasteiger partial charge in [-0.25, -0.2) is 0 Å². The Balaban J connectivity index is 3.95. The van der Waals surface area contributed by atoms with Crippen LogP contribution in [0.3, 0.4) is 0 Å². The summed E-state index contributed by atoms with van der Waals surface area (Å²) in [4.78, 5) is 32.7. The summed E-state index contributed by atoms with van der Waals surface area (Å²) in [5, 5.41) is 22.3. The van der Waals surface area contributed by atoms with E-state index in [1.807, 2.05) is 0 Å². The average Bonchev–Trinajstić information content (AvgIpc) is 2.46. The predicted octanol–water partition coefficient (Wildman–Crippen LogP) is -0.0823. The van der Waals surface area contributed by atoms with Crippen LogP contribution in [0.25, 0.3) is 0 Å².